The molecule has 0 spiro atoms. The predicted octanol–water partition coefficient (Wildman–Crippen LogP) is 2.67. The van der Waals surface area contributed by atoms with Gasteiger partial charge in [0, 0.05) is 23.4 Å². The van der Waals surface area contributed by atoms with Gasteiger partial charge in [0.2, 0.25) is 0 Å². The number of phenols is 1. The van der Waals surface area contributed by atoms with E-state index in [2.05, 4.69) is 9.97 Å². The van der Waals surface area contributed by atoms with Crippen LogP contribution in [0.2, 0.25) is 0 Å². The number of carbonyl (C=O) groups is 1. The van der Waals surface area contributed by atoms with Crippen molar-refractivity contribution in [3.8, 4) is 17.0 Å². The van der Waals surface area contributed by atoms with E-state index in [1.54, 1.807) is 17.0 Å². The van der Waals surface area contributed by atoms with E-state index in [1.807, 2.05) is 19.1 Å². The van der Waals surface area contributed by atoms with Gasteiger partial charge in [-0.15, -0.1) is 0 Å². The molecule has 23 heavy (non-hydrogen) atoms. The molecule has 0 unspecified atom stereocenters. The van der Waals surface area contributed by atoms with E-state index in [1.165, 1.54) is 7.11 Å². The quantitative estimate of drug-likeness (QED) is 0.876. The standard InChI is InChI=1S/C17H19N3O3/c1-11-18-15-4-3-9-20(17(22)23-2)10-14(15)16(19-11)12-5-7-13(21)8-6-12/h5-8,21H,3-4,9-10H2,1-2H3. The molecular weight excluding hydrogens is 294 g/mol. The Bertz CT molecular complexity index is 729. The SMILES string of the molecule is COC(=O)N1CCCc2nc(C)nc(-c3ccc(O)cc3)c2C1. The van der Waals surface area contributed by atoms with Crippen molar-refractivity contribution >= 4 is 6.09 Å². The van der Waals surface area contributed by atoms with E-state index in [4.69, 9.17) is 4.74 Å². The number of hydrogen-bond acceptors (Lipinski definition) is 5. The van der Waals surface area contributed by atoms with Crippen LogP contribution in [0, 0.1) is 6.92 Å². The van der Waals surface area contributed by atoms with Crippen LogP contribution in [0.1, 0.15) is 23.5 Å². The minimum Gasteiger partial charge on any atom is -0.508 e. The molecule has 0 radical (unpaired) electrons. The summed E-state index contributed by atoms with van der Waals surface area (Å²) >= 11 is 0. The van der Waals surface area contributed by atoms with Crippen LogP contribution in [0.3, 0.4) is 0 Å². The van der Waals surface area contributed by atoms with Crippen LogP contribution in [-0.2, 0) is 17.7 Å². The number of fused-ring (bicyclic) bond motifs is 1. The van der Waals surface area contributed by atoms with Gasteiger partial charge in [0.25, 0.3) is 0 Å². The number of rotatable bonds is 1. The number of aromatic hydroxyl groups is 1. The molecule has 0 atom stereocenters. The molecule has 120 valence electrons. The number of aryl methyl sites for hydroxylation is 2. The maximum Gasteiger partial charge on any atom is 0.409 e. The molecule has 0 bridgehead atoms. The number of ether oxygens (including phenoxy) is 1. The summed E-state index contributed by atoms with van der Waals surface area (Å²) in [4.78, 5) is 22.7. The molecule has 2 heterocycles. The summed E-state index contributed by atoms with van der Waals surface area (Å²) in [5.41, 5.74) is 3.63. The van der Waals surface area contributed by atoms with Gasteiger partial charge in [0.15, 0.2) is 0 Å². The lowest BCUT2D eigenvalue weighted by molar-refractivity contribution is 0.121. The number of nitrogens with zero attached hydrogens (tertiary/aromatic N) is 3. The zero-order chi connectivity index (χ0) is 16.4. The van der Waals surface area contributed by atoms with E-state index in [0.717, 1.165) is 35.4 Å². The van der Waals surface area contributed by atoms with Gasteiger partial charge in [-0.1, -0.05) is 0 Å². The third-order valence-corrected chi connectivity index (χ3v) is 3.97. The first-order valence-electron chi connectivity index (χ1n) is 7.57. The first-order chi connectivity index (χ1) is 11.1. The molecule has 1 aromatic heterocycles. The second-order valence-electron chi connectivity index (χ2n) is 5.59. The Morgan fingerprint density at radius 3 is 2.70 bits per heavy atom. The molecule has 1 N–H and O–H groups in total. The lowest BCUT2D eigenvalue weighted by Crippen LogP contribution is -2.30. The van der Waals surface area contributed by atoms with E-state index < -0.39 is 0 Å². The summed E-state index contributed by atoms with van der Waals surface area (Å²) in [5, 5.41) is 9.49. The third-order valence-electron chi connectivity index (χ3n) is 3.97. The van der Waals surface area contributed by atoms with Crippen molar-refractivity contribution in [2.24, 2.45) is 0 Å². The summed E-state index contributed by atoms with van der Waals surface area (Å²) in [7, 11) is 1.39. The predicted molar refractivity (Wildman–Crippen MR) is 85.0 cm³/mol. The van der Waals surface area contributed by atoms with Crippen LogP contribution in [0.4, 0.5) is 4.79 Å². The highest BCUT2D eigenvalue weighted by Gasteiger charge is 2.24. The van der Waals surface area contributed by atoms with Gasteiger partial charge < -0.3 is 14.7 Å². The van der Waals surface area contributed by atoms with E-state index in [-0.39, 0.29) is 11.8 Å². The maximum atomic E-state index is 11.9. The van der Waals surface area contributed by atoms with Gasteiger partial charge in [-0.25, -0.2) is 14.8 Å². The highest BCUT2D eigenvalue weighted by Crippen LogP contribution is 2.29. The molecule has 0 saturated heterocycles. The van der Waals surface area contributed by atoms with Gasteiger partial charge in [-0.2, -0.15) is 0 Å². The Labute approximate surface area is 134 Å². The number of phenolic OH excluding ortho intramolecular Hbond substituents is 1. The van der Waals surface area contributed by atoms with Crippen LogP contribution < -0.4 is 0 Å². The van der Waals surface area contributed by atoms with Crippen LogP contribution in [0.25, 0.3) is 11.3 Å². The first-order valence-corrected chi connectivity index (χ1v) is 7.57. The molecule has 3 rings (SSSR count). The van der Waals surface area contributed by atoms with Gasteiger partial charge >= 0.3 is 6.09 Å². The van der Waals surface area contributed by atoms with Crippen molar-refractivity contribution < 1.29 is 14.6 Å². The normalized spacial score (nSPS) is 14.1. The summed E-state index contributed by atoms with van der Waals surface area (Å²) in [6, 6.07) is 6.91. The van der Waals surface area contributed by atoms with Gasteiger partial charge in [-0.3, -0.25) is 0 Å². The molecule has 1 aromatic carbocycles. The second-order valence-corrected chi connectivity index (χ2v) is 5.59. The molecule has 6 nitrogen and oxygen atoms in total. The van der Waals surface area contributed by atoms with Gasteiger partial charge in [-0.05, 0) is 44.0 Å². The van der Waals surface area contributed by atoms with Crippen LogP contribution in [-0.4, -0.2) is 39.7 Å². The topological polar surface area (TPSA) is 75.5 Å². The molecule has 0 aliphatic carbocycles. The summed E-state index contributed by atoms with van der Waals surface area (Å²) < 4.78 is 4.86. The fourth-order valence-electron chi connectivity index (χ4n) is 2.88. The fourth-order valence-corrected chi connectivity index (χ4v) is 2.88. The number of hydrogen-bond donors (Lipinski definition) is 1. The number of methoxy groups -OCH3 is 1. The molecule has 6 heteroatoms. The smallest absolute Gasteiger partial charge is 0.409 e. The first kappa shape index (κ1) is 15.3. The molecule has 1 aliphatic rings. The van der Waals surface area contributed by atoms with Crippen molar-refractivity contribution in [1.29, 1.82) is 0 Å². The molecule has 0 saturated carbocycles. The Hall–Kier alpha value is -2.63. The monoisotopic (exact) mass is 313 g/mol. The van der Waals surface area contributed by atoms with Gasteiger partial charge in [0.1, 0.15) is 11.6 Å². The summed E-state index contributed by atoms with van der Waals surface area (Å²) in [5.74, 6) is 0.917. The van der Waals surface area contributed by atoms with E-state index >= 15 is 0 Å². The lowest BCUT2D eigenvalue weighted by Gasteiger charge is -2.20. The Balaban J connectivity index is 2.09. The van der Waals surface area contributed by atoms with E-state index in [9.17, 15) is 9.90 Å². The van der Waals surface area contributed by atoms with Crippen molar-refractivity contribution in [2.45, 2.75) is 26.3 Å². The van der Waals surface area contributed by atoms with Crippen molar-refractivity contribution in [2.75, 3.05) is 13.7 Å². The van der Waals surface area contributed by atoms with Crippen molar-refractivity contribution in [1.82, 2.24) is 14.9 Å². The van der Waals surface area contributed by atoms with Crippen LogP contribution >= 0.6 is 0 Å². The maximum absolute atomic E-state index is 11.9. The molecule has 2 aromatic rings. The van der Waals surface area contributed by atoms with Gasteiger partial charge in [0.05, 0.1) is 19.3 Å². The Morgan fingerprint density at radius 1 is 1.26 bits per heavy atom. The largest absolute Gasteiger partial charge is 0.508 e. The Morgan fingerprint density at radius 2 is 2.00 bits per heavy atom. The number of carbonyl (C=O) groups excluding carboxylic acids is 1. The highest BCUT2D eigenvalue weighted by molar-refractivity contribution is 5.70. The number of amides is 1. The second kappa shape index (κ2) is 6.24. The Kier molecular flexibility index (Phi) is 4.14. The third kappa shape index (κ3) is 3.11. The summed E-state index contributed by atoms with van der Waals surface area (Å²) in [6.07, 6.45) is 1.31. The minimum absolute atomic E-state index is 0.210. The minimum atomic E-state index is -0.338. The molecular formula is C17H19N3O3. The zero-order valence-corrected chi connectivity index (χ0v) is 13.2. The van der Waals surface area contributed by atoms with Crippen molar-refractivity contribution in [3.63, 3.8) is 0 Å². The number of benzene rings is 1. The average molecular weight is 313 g/mol. The fraction of sp³-hybridized carbons (Fsp3) is 0.353. The summed E-state index contributed by atoms with van der Waals surface area (Å²) in [6.45, 7) is 2.93. The molecule has 0 fully saturated rings. The zero-order valence-electron chi connectivity index (χ0n) is 13.2. The lowest BCUT2D eigenvalue weighted by atomic mass is 10.0. The molecule has 1 aliphatic heterocycles. The average Bonchev–Trinajstić information content (AvgIpc) is 2.76. The van der Waals surface area contributed by atoms with E-state index in [0.29, 0.717) is 18.9 Å². The van der Waals surface area contributed by atoms with Crippen LogP contribution in [0.15, 0.2) is 24.3 Å². The highest BCUT2D eigenvalue weighted by atomic mass is 16.5. The van der Waals surface area contributed by atoms with Crippen LogP contribution in [0.5, 0.6) is 5.75 Å². The molecule has 1 amide bonds. The number of aromatic nitrogens is 2. The van der Waals surface area contributed by atoms with Crippen molar-refractivity contribution in [3.05, 3.63) is 41.3 Å².